The van der Waals surface area contributed by atoms with E-state index in [0.29, 0.717) is 6.54 Å². The van der Waals surface area contributed by atoms with Gasteiger partial charge in [0.15, 0.2) is 0 Å². The van der Waals surface area contributed by atoms with Crippen LogP contribution in [0.4, 0.5) is 0 Å². The summed E-state index contributed by atoms with van der Waals surface area (Å²) in [5, 5.41) is 3.36. The Labute approximate surface area is 113 Å². The second-order valence-corrected chi connectivity index (χ2v) is 6.05. The normalized spacial score (nSPS) is 15.1. The number of halogens is 2. The largest absolute Gasteiger partial charge is 0.380 e. The Morgan fingerprint density at radius 3 is 2.81 bits per heavy atom. The second-order valence-electron chi connectivity index (χ2n) is 3.51. The first kappa shape index (κ1) is 14.4. The third-order valence-electron chi connectivity index (χ3n) is 2.30. The van der Waals surface area contributed by atoms with Gasteiger partial charge in [0.05, 0.1) is 12.1 Å². The topological polar surface area (TPSA) is 47.3 Å². The standard InChI is InChI=1S/C10H16BrClN2OS/c1-6(15-2)5-14-8(4-13)9-3-7(11)10(12)16-9/h3,6,8,14H,4-5,13H2,1-2H3. The molecule has 2 atom stereocenters. The molecule has 1 aromatic heterocycles. The molecule has 3 nitrogen and oxygen atoms in total. The zero-order valence-electron chi connectivity index (χ0n) is 9.30. The van der Waals surface area contributed by atoms with Crippen molar-refractivity contribution in [1.29, 1.82) is 0 Å². The molecule has 3 N–H and O–H groups in total. The van der Waals surface area contributed by atoms with Crippen LogP contribution in [0, 0.1) is 0 Å². The molecule has 1 rings (SSSR count). The summed E-state index contributed by atoms with van der Waals surface area (Å²) in [7, 11) is 1.70. The maximum atomic E-state index is 6.00. The number of rotatable bonds is 6. The highest BCUT2D eigenvalue weighted by Gasteiger charge is 2.15. The Morgan fingerprint density at radius 2 is 2.38 bits per heavy atom. The molecule has 0 aromatic carbocycles. The zero-order chi connectivity index (χ0) is 12.1. The van der Waals surface area contributed by atoms with Gasteiger partial charge in [0.2, 0.25) is 0 Å². The van der Waals surface area contributed by atoms with Crippen molar-refractivity contribution in [2.24, 2.45) is 5.73 Å². The van der Waals surface area contributed by atoms with E-state index in [-0.39, 0.29) is 12.1 Å². The molecule has 0 saturated heterocycles. The summed E-state index contributed by atoms with van der Waals surface area (Å²) in [5.74, 6) is 0. The molecule has 2 unspecified atom stereocenters. The van der Waals surface area contributed by atoms with E-state index in [1.54, 1.807) is 18.4 Å². The van der Waals surface area contributed by atoms with E-state index in [0.717, 1.165) is 20.2 Å². The molecule has 92 valence electrons. The van der Waals surface area contributed by atoms with Gasteiger partial charge in [0.25, 0.3) is 0 Å². The third-order valence-corrected chi connectivity index (χ3v) is 4.89. The van der Waals surface area contributed by atoms with Gasteiger partial charge in [-0.1, -0.05) is 11.6 Å². The predicted octanol–water partition coefficient (Wildman–Crippen LogP) is 2.79. The number of hydrogen-bond donors (Lipinski definition) is 2. The minimum atomic E-state index is 0.131. The highest BCUT2D eigenvalue weighted by molar-refractivity contribution is 9.10. The van der Waals surface area contributed by atoms with Gasteiger partial charge in [-0.05, 0) is 28.9 Å². The van der Waals surface area contributed by atoms with Crippen molar-refractivity contribution in [2.75, 3.05) is 20.2 Å². The minimum absolute atomic E-state index is 0.131. The Bertz CT molecular complexity index is 315. The van der Waals surface area contributed by atoms with Gasteiger partial charge in [-0.3, -0.25) is 0 Å². The van der Waals surface area contributed by atoms with Crippen LogP contribution >= 0.6 is 38.9 Å². The van der Waals surface area contributed by atoms with E-state index in [1.165, 1.54) is 0 Å². The lowest BCUT2D eigenvalue weighted by atomic mass is 10.2. The minimum Gasteiger partial charge on any atom is -0.380 e. The van der Waals surface area contributed by atoms with Crippen molar-refractivity contribution in [2.45, 2.75) is 19.1 Å². The fraction of sp³-hybridized carbons (Fsp3) is 0.600. The molecule has 0 radical (unpaired) electrons. The van der Waals surface area contributed by atoms with Gasteiger partial charge >= 0.3 is 0 Å². The fourth-order valence-corrected chi connectivity index (χ4v) is 3.05. The van der Waals surface area contributed by atoms with Gasteiger partial charge in [-0.25, -0.2) is 0 Å². The van der Waals surface area contributed by atoms with Crippen LogP contribution in [-0.2, 0) is 4.74 Å². The van der Waals surface area contributed by atoms with Crippen molar-refractivity contribution >= 4 is 38.9 Å². The van der Waals surface area contributed by atoms with Crippen LogP contribution in [0.1, 0.15) is 17.8 Å². The van der Waals surface area contributed by atoms with Crippen molar-refractivity contribution < 1.29 is 4.74 Å². The lowest BCUT2D eigenvalue weighted by molar-refractivity contribution is 0.114. The number of nitrogens with one attached hydrogen (secondary N) is 1. The highest BCUT2D eigenvalue weighted by atomic mass is 79.9. The molecule has 1 heterocycles. The van der Waals surface area contributed by atoms with Crippen LogP contribution < -0.4 is 11.1 Å². The first-order valence-electron chi connectivity index (χ1n) is 4.99. The van der Waals surface area contributed by atoms with Gasteiger partial charge in [-0.2, -0.15) is 0 Å². The van der Waals surface area contributed by atoms with E-state index in [9.17, 15) is 0 Å². The van der Waals surface area contributed by atoms with Crippen molar-refractivity contribution in [1.82, 2.24) is 5.32 Å². The predicted molar refractivity (Wildman–Crippen MR) is 73.3 cm³/mol. The van der Waals surface area contributed by atoms with Crippen LogP contribution in [0.3, 0.4) is 0 Å². The first-order valence-corrected chi connectivity index (χ1v) is 6.98. The number of nitrogens with two attached hydrogens (primary N) is 1. The van der Waals surface area contributed by atoms with E-state index >= 15 is 0 Å². The van der Waals surface area contributed by atoms with Gasteiger partial charge in [0, 0.05) is 29.5 Å². The van der Waals surface area contributed by atoms with Gasteiger partial charge in [0.1, 0.15) is 4.34 Å². The fourth-order valence-electron chi connectivity index (χ4n) is 1.23. The summed E-state index contributed by atoms with van der Waals surface area (Å²) in [6.45, 7) is 3.32. The van der Waals surface area contributed by atoms with Crippen molar-refractivity contribution in [3.8, 4) is 0 Å². The van der Waals surface area contributed by atoms with Crippen LogP contribution in [-0.4, -0.2) is 26.3 Å². The molecule has 0 fully saturated rings. The van der Waals surface area contributed by atoms with Crippen LogP contribution in [0.15, 0.2) is 10.5 Å². The van der Waals surface area contributed by atoms with Crippen LogP contribution in [0.25, 0.3) is 0 Å². The smallest absolute Gasteiger partial charge is 0.107 e. The summed E-state index contributed by atoms with van der Waals surface area (Å²) >= 11 is 10.9. The number of hydrogen-bond acceptors (Lipinski definition) is 4. The SMILES string of the molecule is COC(C)CNC(CN)c1cc(Br)c(Cl)s1. The number of methoxy groups -OCH3 is 1. The maximum absolute atomic E-state index is 6.00. The molecular weight excluding hydrogens is 312 g/mol. The molecule has 0 aliphatic rings. The average Bonchev–Trinajstić information content (AvgIpc) is 2.59. The number of thiophene rings is 1. The molecule has 0 spiro atoms. The maximum Gasteiger partial charge on any atom is 0.107 e. The van der Waals surface area contributed by atoms with Crippen molar-refractivity contribution in [3.63, 3.8) is 0 Å². The second kappa shape index (κ2) is 6.93. The van der Waals surface area contributed by atoms with E-state index < -0.39 is 0 Å². The first-order chi connectivity index (χ1) is 7.58. The summed E-state index contributed by atoms with van der Waals surface area (Å²) < 4.78 is 6.86. The molecule has 6 heteroatoms. The summed E-state index contributed by atoms with van der Waals surface area (Å²) in [6.07, 6.45) is 0.174. The monoisotopic (exact) mass is 326 g/mol. The Hall–Kier alpha value is 0.350. The molecule has 0 saturated carbocycles. The summed E-state index contributed by atoms with van der Waals surface area (Å²) in [5.41, 5.74) is 5.74. The molecule has 0 amide bonds. The van der Waals surface area contributed by atoms with E-state index in [1.807, 2.05) is 13.0 Å². The Balaban J connectivity index is 2.60. The molecule has 1 aromatic rings. The third kappa shape index (κ3) is 3.98. The van der Waals surface area contributed by atoms with Crippen LogP contribution in [0.2, 0.25) is 4.34 Å². The molecule has 0 bridgehead atoms. The Kier molecular flexibility index (Phi) is 6.25. The highest BCUT2D eigenvalue weighted by Crippen LogP contribution is 2.34. The van der Waals surface area contributed by atoms with E-state index in [2.05, 4.69) is 21.2 Å². The summed E-state index contributed by atoms with van der Waals surface area (Å²) in [6, 6.07) is 2.14. The van der Waals surface area contributed by atoms with Gasteiger partial charge in [-0.15, -0.1) is 11.3 Å². The van der Waals surface area contributed by atoms with E-state index in [4.69, 9.17) is 22.1 Å². The molecular formula is C10H16BrClN2OS. The summed E-state index contributed by atoms with van der Waals surface area (Å²) in [4.78, 5) is 1.14. The van der Waals surface area contributed by atoms with Crippen LogP contribution in [0.5, 0.6) is 0 Å². The average molecular weight is 328 g/mol. The van der Waals surface area contributed by atoms with Crippen molar-refractivity contribution in [3.05, 3.63) is 19.8 Å². The lowest BCUT2D eigenvalue weighted by Crippen LogP contribution is -2.33. The number of ether oxygens (including phenoxy) is 1. The molecule has 0 aliphatic heterocycles. The van der Waals surface area contributed by atoms with Gasteiger partial charge < -0.3 is 15.8 Å². The Morgan fingerprint density at radius 1 is 1.69 bits per heavy atom. The lowest BCUT2D eigenvalue weighted by Gasteiger charge is -2.18. The zero-order valence-corrected chi connectivity index (χ0v) is 12.5. The molecule has 0 aliphatic carbocycles. The molecule has 16 heavy (non-hydrogen) atoms. The quantitative estimate of drug-likeness (QED) is 0.844.